The van der Waals surface area contributed by atoms with Crippen molar-refractivity contribution in [1.29, 1.82) is 0 Å². The fourth-order valence-electron chi connectivity index (χ4n) is 4.27. The van der Waals surface area contributed by atoms with Crippen LogP contribution in [-0.4, -0.2) is 34.7 Å². The molecule has 0 aromatic heterocycles. The number of likely N-dealkylation sites (tertiary alicyclic amines) is 1. The molecule has 1 aliphatic heterocycles. The number of rotatable bonds is 6. The summed E-state index contributed by atoms with van der Waals surface area (Å²) < 4.78 is 78.5. The number of aliphatic carboxylic acids is 1. The Hall–Kier alpha value is -2.47. The van der Waals surface area contributed by atoms with Gasteiger partial charge in [0, 0.05) is 25.4 Å². The maximum atomic E-state index is 13.2. The quantitative estimate of drug-likeness (QED) is 0.379. The third-order valence-corrected chi connectivity index (χ3v) is 5.72. The highest BCUT2D eigenvalue weighted by molar-refractivity contribution is 5.67. The number of nitrogens with zero attached hydrogens (tertiary/aromatic N) is 1. The highest BCUT2D eigenvalue weighted by Crippen LogP contribution is 2.40. The summed E-state index contributed by atoms with van der Waals surface area (Å²) in [7, 11) is 0. The molecule has 33 heavy (non-hydrogen) atoms. The Morgan fingerprint density at radius 3 is 2.30 bits per heavy atom. The van der Waals surface area contributed by atoms with Crippen molar-refractivity contribution in [2.24, 2.45) is 11.8 Å². The van der Waals surface area contributed by atoms with Crippen LogP contribution >= 0.6 is 0 Å². The first-order valence-corrected chi connectivity index (χ1v) is 10.6. The summed E-state index contributed by atoms with van der Waals surface area (Å²) in [5, 5.41) is 9.19. The molecule has 3 nitrogen and oxygen atoms in total. The van der Waals surface area contributed by atoms with Crippen LogP contribution in [0.15, 0.2) is 36.4 Å². The van der Waals surface area contributed by atoms with Gasteiger partial charge < -0.3 is 5.11 Å². The van der Waals surface area contributed by atoms with Gasteiger partial charge in [0.2, 0.25) is 0 Å². The van der Waals surface area contributed by atoms with Crippen molar-refractivity contribution < 1.29 is 36.2 Å². The van der Waals surface area contributed by atoms with E-state index >= 15 is 0 Å². The second kappa shape index (κ2) is 10.6. The monoisotopic (exact) mass is 475 g/mol. The number of alkyl halides is 6. The molecule has 0 amide bonds. The Labute approximate surface area is 189 Å². The van der Waals surface area contributed by atoms with Gasteiger partial charge in [-0.1, -0.05) is 37.5 Å². The molecule has 4 atom stereocenters. The third kappa shape index (κ3) is 8.11. The van der Waals surface area contributed by atoms with E-state index in [9.17, 15) is 36.2 Å². The fraction of sp³-hybridized carbons (Fsp3) is 0.542. The maximum absolute atomic E-state index is 13.2. The first-order chi connectivity index (χ1) is 15.2. The van der Waals surface area contributed by atoms with Crippen molar-refractivity contribution >= 4 is 5.97 Å². The molecule has 1 aromatic carbocycles. The molecule has 1 N–H and O–H groups in total. The van der Waals surface area contributed by atoms with Crippen LogP contribution in [0.5, 0.6) is 0 Å². The van der Waals surface area contributed by atoms with E-state index in [0.29, 0.717) is 24.0 Å². The van der Waals surface area contributed by atoms with Gasteiger partial charge in [0.25, 0.3) is 0 Å². The average molecular weight is 475 g/mol. The summed E-state index contributed by atoms with van der Waals surface area (Å²) in [5.74, 6) is 3.48. The second-order valence-electron chi connectivity index (χ2n) is 8.65. The number of hydrogen-bond donors (Lipinski definition) is 1. The lowest BCUT2D eigenvalue weighted by Crippen LogP contribution is -2.47. The smallest absolute Gasteiger partial charge is 0.416 e. The van der Waals surface area contributed by atoms with E-state index < -0.39 is 48.3 Å². The second-order valence-corrected chi connectivity index (χ2v) is 8.65. The number of allylic oxidation sites excluding steroid dienone is 1. The van der Waals surface area contributed by atoms with Crippen molar-refractivity contribution in [2.45, 2.75) is 64.0 Å². The number of halogens is 6. The number of carboxylic acid groups (broad SMARTS) is 1. The first kappa shape index (κ1) is 26.8. The predicted molar refractivity (Wildman–Crippen MR) is 112 cm³/mol. The molecule has 2 rings (SSSR count). The van der Waals surface area contributed by atoms with Gasteiger partial charge in [-0.15, -0.1) is 0 Å². The Kier molecular flexibility index (Phi) is 8.63. The van der Waals surface area contributed by atoms with E-state index in [0.717, 1.165) is 12.1 Å². The molecule has 1 fully saturated rings. The van der Waals surface area contributed by atoms with Gasteiger partial charge in [-0.05, 0) is 54.9 Å². The van der Waals surface area contributed by atoms with Crippen LogP contribution < -0.4 is 0 Å². The van der Waals surface area contributed by atoms with Gasteiger partial charge in [-0.3, -0.25) is 9.69 Å². The summed E-state index contributed by atoms with van der Waals surface area (Å²) in [5.41, 5.74) is 0.130. The van der Waals surface area contributed by atoms with Crippen LogP contribution in [0.1, 0.15) is 56.7 Å². The highest BCUT2D eigenvalue weighted by atomic mass is 19.4. The Balaban J connectivity index is 2.46. The SMILES string of the molecule is C=C(C)C#C[C@H](C(C)CC(F)(F)F)N1CC[C@@H](CC(=O)O)C[C@H]1c1ccc(C(F)(F)F)cc1. The Morgan fingerprint density at radius 2 is 1.82 bits per heavy atom. The van der Waals surface area contributed by atoms with Gasteiger partial charge in [-0.2, -0.15) is 26.3 Å². The highest BCUT2D eigenvalue weighted by Gasteiger charge is 2.40. The number of carbonyl (C=O) groups is 1. The van der Waals surface area contributed by atoms with Crippen molar-refractivity contribution in [3.05, 3.63) is 47.5 Å². The minimum absolute atomic E-state index is 0.120. The molecule has 1 aliphatic rings. The van der Waals surface area contributed by atoms with Crippen molar-refractivity contribution in [3.8, 4) is 11.8 Å². The van der Waals surface area contributed by atoms with E-state index in [1.54, 1.807) is 11.8 Å². The van der Waals surface area contributed by atoms with Crippen molar-refractivity contribution in [2.75, 3.05) is 6.54 Å². The zero-order valence-corrected chi connectivity index (χ0v) is 18.4. The van der Waals surface area contributed by atoms with Gasteiger partial charge in [0.1, 0.15) is 0 Å². The minimum Gasteiger partial charge on any atom is -0.481 e. The summed E-state index contributed by atoms with van der Waals surface area (Å²) in [4.78, 5) is 13.0. The molecule has 1 aromatic rings. The van der Waals surface area contributed by atoms with Crippen LogP contribution in [0.25, 0.3) is 0 Å². The van der Waals surface area contributed by atoms with Crippen LogP contribution in [0.2, 0.25) is 0 Å². The molecular formula is C24H27F6NO2. The fourth-order valence-corrected chi connectivity index (χ4v) is 4.27. The van der Waals surface area contributed by atoms with E-state index in [1.165, 1.54) is 19.1 Å². The summed E-state index contributed by atoms with van der Waals surface area (Å²) in [6.07, 6.45) is -9.39. The molecule has 182 valence electrons. The Bertz CT molecular complexity index is 895. The van der Waals surface area contributed by atoms with Gasteiger partial charge in [0.05, 0.1) is 11.6 Å². The van der Waals surface area contributed by atoms with Gasteiger partial charge >= 0.3 is 18.3 Å². The summed E-state index contributed by atoms with van der Waals surface area (Å²) in [6, 6.07) is 3.08. The van der Waals surface area contributed by atoms with Crippen LogP contribution in [0.4, 0.5) is 26.3 Å². The van der Waals surface area contributed by atoms with Crippen molar-refractivity contribution in [1.82, 2.24) is 4.90 Å². The molecule has 0 radical (unpaired) electrons. The van der Waals surface area contributed by atoms with Crippen molar-refractivity contribution in [3.63, 3.8) is 0 Å². The number of piperidine rings is 1. The van der Waals surface area contributed by atoms with E-state index in [-0.39, 0.29) is 18.9 Å². The average Bonchev–Trinajstić information content (AvgIpc) is 2.66. The molecule has 9 heteroatoms. The maximum Gasteiger partial charge on any atom is 0.416 e. The summed E-state index contributed by atoms with van der Waals surface area (Å²) >= 11 is 0. The number of benzene rings is 1. The number of hydrogen-bond acceptors (Lipinski definition) is 2. The predicted octanol–water partition coefficient (Wildman–Crippen LogP) is 6.47. The molecule has 0 aliphatic carbocycles. The third-order valence-electron chi connectivity index (χ3n) is 5.72. The van der Waals surface area contributed by atoms with Crippen LogP contribution in [0.3, 0.4) is 0 Å². The molecule has 1 unspecified atom stereocenters. The van der Waals surface area contributed by atoms with Gasteiger partial charge in [0.15, 0.2) is 0 Å². The molecule has 0 bridgehead atoms. The zero-order valence-electron chi connectivity index (χ0n) is 18.4. The lowest BCUT2D eigenvalue weighted by atomic mass is 9.82. The zero-order chi connectivity index (χ0) is 25.0. The molecule has 1 heterocycles. The normalized spacial score (nSPS) is 21.6. The standard InChI is InChI=1S/C24H27F6NO2/c1-15(2)4-9-20(16(3)14-23(25,26)27)31-11-10-17(13-22(32)33)12-21(31)18-5-7-19(8-6-18)24(28,29)30/h5-8,16-17,20-21H,1,10-14H2,2-3H3,(H,32,33)/t16?,17-,20-,21+/m1/s1. The molecule has 0 saturated carbocycles. The minimum atomic E-state index is -4.52. The van der Waals surface area contributed by atoms with E-state index in [2.05, 4.69) is 18.4 Å². The van der Waals surface area contributed by atoms with E-state index in [4.69, 9.17) is 0 Å². The molecule has 1 saturated heterocycles. The topological polar surface area (TPSA) is 40.5 Å². The first-order valence-electron chi connectivity index (χ1n) is 10.6. The van der Waals surface area contributed by atoms with Crippen LogP contribution in [-0.2, 0) is 11.0 Å². The lowest BCUT2D eigenvalue weighted by Gasteiger charge is -2.44. The molecule has 0 spiro atoms. The Morgan fingerprint density at radius 1 is 1.21 bits per heavy atom. The van der Waals surface area contributed by atoms with E-state index in [1.807, 2.05) is 0 Å². The number of carboxylic acids is 1. The van der Waals surface area contributed by atoms with Gasteiger partial charge in [-0.25, -0.2) is 0 Å². The molecular weight excluding hydrogens is 448 g/mol. The lowest BCUT2D eigenvalue weighted by molar-refractivity contribution is -0.148. The largest absolute Gasteiger partial charge is 0.481 e. The summed E-state index contributed by atoms with van der Waals surface area (Å²) in [6.45, 7) is 7.03. The van der Waals surface area contributed by atoms with Crippen LogP contribution in [0, 0.1) is 23.7 Å².